The molecule has 0 aromatic heterocycles. The van der Waals surface area contributed by atoms with Crippen molar-refractivity contribution in [2.45, 2.75) is 53.6 Å². The summed E-state index contributed by atoms with van der Waals surface area (Å²) in [5.74, 6) is 0.0991. The van der Waals surface area contributed by atoms with Crippen molar-refractivity contribution in [2.24, 2.45) is 4.99 Å². The third-order valence-corrected chi connectivity index (χ3v) is 6.06. The van der Waals surface area contributed by atoms with Gasteiger partial charge in [-0.2, -0.15) is 0 Å². The number of ether oxygens (including phenoxy) is 1. The van der Waals surface area contributed by atoms with E-state index >= 15 is 0 Å². The number of nitrogens with one attached hydrogen (secondary N) is 1. The molecule has 0 saturated carbocycles. The predicted molar refractivity (Wildman–Crippen MR) is 156 cm³/mol. The van der Waals surface area contributed by atoms with E-state index in [-0.39, 0.29) is 18.6 Å². The number of rotatable bonds is 5. The molecule has 0 bridgehead atoms. The Morgan fingerprint density at radius 2 is 1.82 bits per heavy atom. The van der Waals surface area contributed by atoms with E-state index in [0.29, 0.717) is 19.5 Å². The Hall–Kier alpha value is -4.15. The van der Waals surface area contributed by atoms with Crippen molar-refractivity contribution in [2.75, 3.05) is 18.4 Å². The van der Waals surface area contributed by atoms with Gasteiger partial charge in [-0.15, -0.1) is 0 Å². The molecule has 0 saturated heterocycles. The van der Waals surface area contributed by atoms with Gasteiger partial charge in [0.15, 0.2) is 0 Å². The number of allylic oxidation sites excluding steroid dienone is 3. The smallest absolute Gasteiger partial charge is 0.410 e. The standard InChI is InChI=1S/C22H24N2O3.C8H9N.C2H6/c1-17-11-12-24(22(26)27-15-18-5-3-2-4-6-18)14-20(13-17)19-7-9-21(10-8-19)23-16-25;1-7-3-5-9-6-4-8(7)2;1-2/h2-10,13,16,20H,11-12,14-15H2,1H3,(H,23,25);3,5-6H,1-2H3;1-2H3. The summed E-state index contributed by atoms with van der Waals surface area (Å²) in [6.07, 6.45) is 8.86. The Morgan fingerprint density at radius 3 is 2.50 bits per heavy atom. The van der Waals surface area contributed by atoms with E-state index in [4.69, 9.17) is 4.74 Å². The van der Waals surface area contributed by atoms with Crippen molar-refractivity contribution in [3.05, 3.63) is 107 Å². The van der Waals surface area contributed by atoms with Crippen LogP contribution in [0.5, 0.6) is 0 Å². The summed E-state index contributed by atoms with van der Waals surface area (Å²) in [6.45, 7) is 11.7. The Morgan fingerprint density at radius 1 is 1.11 bits per heavy atom. The molecule has 0 fully saturated rings. The third-order valence-electron chi connectivity index (χ3n) is 6.06. The lowest BCUT2D eigenvalue weighted by Gasteiger charge is -2.24. The molecule has 200 valence electrons. The fourth-order valence-electron chi connectivity index (χ4n) is 3.76. The van der Waals surface area contributed by atoms with Gasteiger partial charge in [0, 0.05) is 30.9 Å². The molecule has 6 heteroatoms. The second-order valence-corrected chi connectivity index (χ2v) is 8.79. The first kappa shape index (κ1) is 30.1. The zero-order valence-corrected chi connectivity index (χ0v) is 23.1. The van der Waals surface area contributed by atoms with Crippen molar-refractivity contribution in [3.63, 3.8) is 0 Å². The highest BCUT2D eigenvalue weighted by Crippen LogP contribution is 2.26. The maximum atomic E-state index is 12.6. The quantitative estimate of drug-likeness (QED) is 0.257. The van der Waals surface area contributed by atoms with Crippen LogP contribution in [0.1, 0.15) is 58.1 Å². The molecule has 38 heavy (non-hydrogen) atoms. The van der Waals surface area contributed by atoms with Crippen molar-refractivity contribution >= 4 is 24.4 Å². The van der Waals surface area contributed by atoms with Gasteiger partial charge in [-0.25, -0.2) is 4.79 Å². The van der Waals surface area contributed by atoms with Gasteiger partial charge in [0.1, 0.15) is 6.61 Å². The van der Waals surface area contributed by atoms with E-state index in [9.17, 15) is 9.59 Å². The largest absolute Gasteiger partial charge is 0.445 e. The molecule has 2 heterocycles. The second-order valence-electron chi connectivity index (χ2n) is 8.79. The van der Waals surface area contributed by atoms with Crippen LogP contribution in [-0.2, 0) is 16.1 Å². The van der Waals surface area contributed by atoms with Crippen molar-refractivity contribution in [1.29, 1.82) is 0 Å². The molecule has 0 aliphatic carbocycles. The van der Waals surface area contributed by atoms with E-state index in [0.717, 1.165) is 28.8 Å². The topological polar surface area (TPSA) is 71.0 Å². The van der Waals surface area contributed by atoms with Gasteiger partial charge in [-0.3, -0.25) is 9.79 Å². The predicted octanol–water partition coefficient (Wildman–Crippen LogP) is 7.43. The molecule has 2 aromatic carbocycles. The van der Waals surface area contributed by atoms with Gasteiger partial charge in [-0.1, -0.05) is 73.7 Å². The molecule has 2 aliphatic rings. The molecule has 1 atom stereocenters. The van der Waals surface area contributed by atoms with E-state index in [2.05, 4.69) is 29.0 Å². The number of hydrogen-bond donors (Lipinski definition) is 1. The number of carbonyl (C=O) groups is 2. The zero-order chi connectivity index (χ0) is 27.8. The van der Waals surface area contributed by atoms with Crippen LogP contribution in [0.3, 0.4) is 0 Å². The lowest BCUT2D eigenvalue weighted by atomic mass is 9.96. The monoisotopic (exact) mass is 513 g/mol. The molecule has 1 unspecified atom stereocenters. The molecule has 1 N–H and O–H groups in total. The molecule has 0 spiro atoms. The van der Waals surface area contributed by atoms with E-state index in [1.165, 1.54) is 11.1 Å². The maximum Gasteiger partial charge on any atom is 0.410 e. The summed E-state index contributed by atoms with van der Waals surface area (Å²) in [4.78, 5) is 28.8. The van der Waals surface area contributed by atoms with Crippen molar-refractivity contribution in [3.8, 4) is 0 Å². The van der Waals surface area contributed by atoms with E-state index < -0.39 is 0 Å². The van der Waals surface area contributed by atoms with Crippen LogP contribution in [0, 0.1) is 0 Å². The highest BCUT2D eigenvalue weighted by molar-refractivity contribution is 5.74. The summed E-state index contributed by atoms with van der Waals surface area (Å²) in [5.41, 5.74) is 9.50. The van der Waals surface area contributed by atoms with Gasteiger partial charge >= 0.3 is 6.09 Å². The Labute approximate surface area is 227 Å². The minimum atomic E-state index is -0.286. The highest BCUT2D eigenvalue weighted by atomic mass is 16.6. The van der Waals surface area contributed by atoms with E-state index in [1.807, 2.05) is 88.4 Å². The number of anilines is 1. The van der Waals surface area contributed by atoms with Crippen LogP contribution in [0.15, 0.2) is 100 Å². The number of carbonyl (C=O) groups excluding carboxylic acids is 2. The van der Waals surface area contributed by atoms with Crippen LogP contribution in [0.25, 0.3) is 0 Å². The maximum absolute atomic E-state index is 12.6. The summed E-state index contributed by atoms with van der Waals surface area (Å²) in [6, 6.07) is 17.4. The fraction of sp³-hybridized carbons (Fsp3) is 0.312. The molecule has 0 radical (unpaired) electrons. The minimum absolute atomic E-state index is 0.0991. The fourth-order valence-corrected chi connectivity index (χ4v) is 3.76. The van der Waals surface area contributed by atoms with Crippen LogP contribution in [0.4, 0.5) is 10.5 Å². The second kappa shape index (κ2) is 16.6. The van der Waals surface area contributed by atoms with E-state index in [1.54, 1.807) is 17.3 Å². The number of aliphatic imine (C=N–C) groups is 1. The van der Waals surface area contributed by atoms with Crippen molar-refractivity contribution in [1.82, 2.24) is 4.90 Å². The van der Waals surface area contributed by atoms with Gasteiger partial charge in [0.2, 0.25) is 6.41 Å². The molecule has 2 aliphatic heterocycles. The first-order chi connectivity index (χ1) is 18.5. The average molecular weight is 514 g/mol. The van der Waals surface area contributed by atoms with Gasteiger partial charge in [0.25, 0.3) is 0 Å². The first-order valence-electron chi connectivity index (χ1n) is 13.0. The van der Waals surface area contributed by atoms with Gasteiger partial charge in [0.05, 0.1) is 6.20 Å². The molecular weight excluding hydrogens is 474 g/mol. The summed E-state index contributed by atoms with van der Waals surface area (Å²) in [5, 5.41) is 2.64. The minimum Gasteiger partial charge on any atom is -0.445 e. The first-order valence-corrected chi connectivity index (χ1v) is 13.0. The normalized spacial score (nSPS) is 16.1. The summed E-state index contributed by atoms with van der Waals surface area (Å²) in [7, 11) is 0. The Kier molecular flexibility index (Phi) is 13.1. The lowest BCUT2D eigenvalue weighted by molar-refractivity contribution is -0.105. The van der Waals surface area contributed by atoms with Crippen LogP contribution < -0.4 is 5.32 Å². The Balaban J connectivity index is 0.000000387. The molecular formula is C32H39N3O3. The number of nitrogens with zero attached hydrogens (tertiary/aromatic N) is 2. The zero-order valence-electron chi connectivity index (χ0n) is 23.1. The molecule has 2 amide bonds. The summed E-state index contributed by atoms with van der Waals surface area (Å²) < 4.78 is 5.51. The average Bonchev–Trinajstić information content (AvgIpc) is 3.27. The highest BCUT2D eigenvalue weighted by Gasteiger charge is 2.23. The van der Waals surface area contributed by atoms with Crippen LogP contribution >= 0.6 is 0 Å². The molecule has 2 aromatic rings. The number of benzene rings is 2. The number of hydrogen-bond acceptors (Lipinski definition) is 4. The SMILES string of the molecule is CC.CC1=C=CN=CC=C1C.CC1=CC(c2ccc(NC=O)cc2)CN(C(=O)OCc2ccccc2)CC1. The number of amides is 2. The van der Waals surface area contributed by atoms with Gasteiger partial charge in [-0.05, 0) is 67.7 Å². The summed E-state index contributed by atoms with van der Waals surface area (Å²) >= 11 is 0. The third kappa shape index (κ3) is 10.1. The van der Waals surface area contributed by atoms with Crippen LogP contribution in [-0.4, -0.2) is 36.7 Å². The lowest BCUT2D eigenvalue weighted by Crippen LogP contribution is -2.34. The molecule has 6 nitrogen and oxygen atoms in total. The van der Waals surface area contributed by atoms with Crippen LogP contribution in [0.2, 0.25) is 0 Å². The molecule has 4 rings (SSSR count). The van der Waals surface area contributed by atoms with Gasteiger partial charge < -0.3 is 15.0 Å². The Bertz CT molecular complexity index is 1190. The van der Waals surface area contributed by atoms with Crippen molar-refractivity contribution < 1.29 is 14.3 Å².